The number of nitrogens with zero attached hydrogens (tertiary/aromatic N) is 1. The first-order valence-corrected chi connectivity index (χ1v) is 6.39. The average molecular weight is 266 g/mol. The van der Waals surface area contributed by atoms with Gasteiger partial charge in [-0.25, -0.2) is 8.78 Å². The Morgan fingerprint density at radius 1 is 1.33 bits per heavy atom. The number of hydrogen-bond donors (Lipinski definition) is 2. The van der Waals surface area contributed by atoms with Gasteiger partial charge in [0.05, 0.1) is 19.2 Å². The van der Waals surface area contributed by atoms with Gasteiger partial charge in [0.15, 0.2) is 0 Å². The van der Waals surface area contributed by atoms with Crippen LogP contribution in [-0.4, -0.2) is 54.1 Å². The molecule has 6 heteroatoms. The van der Waals surface area contributed by atoms with E-state index in [0.29, 0.717) is 0 Å². The van der Waals surface area contributed by atoms with Gasteiger partial charge in [-0.3, -0.25) is 9.69 Å². The number of aliphatic hydroxyl groups excluding tert-OH is 1. The largest absolute Gasteiger partial charge is 0.395 e. The van der Waals surface area contributed by atoms with E-state index in [-0.39, 0.29) is 25.1 Å². The van der Waals surface area contributed by atoms with E-state index in [1.807, 2.05) is 13.8 Å². The highest BCUT2D eigenvalue weighted by atomic mass is 19.3. The summed E-state index contributed by atoms with van der Waals surface area (Å²) < 4.78 is 24.7. The van der Waals surface area contributed by atoms with Crippen molar-refractivity contribution in [3.8, 4) is 0 Å². The Labute approximate surface area is 107 Å². The predicted molar refractivity (Wildman–Crippen MR) is 66.6 cm³/mol. The standard InChI is InChI=1S/C12H24F2N2O2/c1-4-10(5-2)15-12(18)9(3)16(6-7-17)8-11(13)14/h9-11,17H,4-8H2,1-3H3,(H,15,18). The Morgan fingerprint density at radius 3 is 2.28 bits per heavy atom. The number of aliphatic hydroxyl groups is 1. The summed E-state index contributed by atoms with van der Waals surface area (Å²) in [6.45, 7) is 4.83. The van der Waals surface area contributed by atoms with E-state index in [1.165, 1.54) is 4.90 Å². The van der Waals surface area contributed by atoms with E-state index >= 15 is 0 Å². The van der Waals surface area contributed by atoms with Gasteiger partial charge >= 0.3 is 0 Å². The van der Waals surface area contributed by atoms with Crippen LogP contribution in [0.15, 0.2) is 0 Å². The molecule has 1 unspecified atom stereocenters. The fourth-order valence-electron chi connectivity index (χ4n) is 1.73. The lowest BCUT2D eigenvalue weighted by Crippen LogP contribution is -2.50. The zero-order chi connectivity index (χ0) is 14.1. The van der Waals surface area contributed by atoms with E-state index in [9.17, 15) is 13.6 Å². The average Bonchev–Trinajstić information content (AvgIpc) is 2.33. The summed E-state index contributed by atoms with van der Waals surface area (Å²) in [4.78, 5) is 13.2. The molecule has 0 saturated carbocycles. The van der Waals surface area contributed by atoms with Crippen molar-refractivity contribution in [1.29, 1.82) is 0 Å². The van der Waals surface area contributed by atoms with Crippen LogP contribution in [0.3, 0.4) is 0 Å². The molecule has 0 rings (SSSR count). The molecule has 0 aromatic carbocycles. The number of amides is 1. The van der Waals surface area contributed by atoms with E-state index in [0.717, 1.165) is 12.8 Å². The Bertz CT molecular complexity index is 236. The van der Waals surface area contributed by atoms with Crippen LogP contribution in [0.2, 0.25) is 0 Å². The number of alkyl halides is 2. The molecule has 0 spiro atoms. The minimum atomic E-state index is -2.51. The summed E-state index contributed by atoms with van der Waals surface area (Å²) in [6.07, 6.45) is -0.895. The van der Waals surface area contributed by atoms with Gasteiger partial charge in [0, 0.05) is 12.6 Å². The molecule has 0 saturated heterocycles. The van der Waals surface area contributed by atoms with Gasteiger partial charge < -0.3 is 10.4 Å². The number of halogens is 2. The van der Waals surface area contributed by atoms with Crippen LogP contribution in [0.5, 0.6) is 0 Å². The van der Waals surface area contributed by atoms with Crippen molar-refractivity contribution in [2.45, 2.75) is 52.1 Å². The summed E-state index contributed by atoms with van der Waals surface area (Å²) in [5.41, 5.74) is 0. The van der Waals surface area contributed by atoms with Gasteiger partial charge in [0.1, 0.15) is 0 Å². The zero-order valence-electron chi connectivity index (χ0n) is 11.3. The van der Waals surface area contributed by atoms with Gasteiger partial charge in [-0.2, -0.15) is 0 Å². The van der Waals surface area contributed by atoms with E-state index in [4.69, 9.17) is 5.11 Å². The van der Waals surface area contributed by atoms with Crippen molar-refractivity contribution < 1.29 is 18.7 Å². The number of rotatable bonds is 9. The third-order valence-electron chi connectivity index (χ3n) is 3.02. The molecule has 0 bridgehead atoms. The lowest BCUT2D eigenvalue weighted by Gasteiger charge is -2.28. The highest BCUT2D eigenvalue weighted by Crippen LogP contribution is 2.05. The molecular weight excluding hydrogens is 242 g/mol. The molecule has 1 amide bonds. The summed E-state index contributed by atoms with van der Waals surface area (Å²) in [5, 5.41) is 11.7. The maximum Gasteiger partial charge on any atom is 0.251 e. The molecule has 0 fully saturated rings. The molecule has 0 aromatic rings. The Morgan fingerprint density at radius 2 is 1.89 bits per heavy atom. The van der Waals surface area contributed by atoms with Crippen LogP contribution < -0.4 is 5.32 Å². The normalized spacial score (nSPS) is 13.4. The van der Waals surface area contributed by atoms with Crippen LogP contribution in [0.1, 0.15) is 33.6 Å². The molecule has 0 aliphatic heterocycles. The quantitative estimate of drug-likeness (QED) is 0.660. The Hall–Kier alpha value is -0.750. The third kappa shape index (κ3) is 6.26. The van der Waals surface area contributed by atoms with Crippen molar-refractivity contribution in [2.75, 3.05) is 19.7 Å². The maximum absolute atomic E-state index is 12.4. The van der Waals surface area contributed by atoms with E-state index in [1.54, 1.807) is 6.92 Å². The number of nitrogens with one attached hydrogen (secondary N) is 1. The lowest BCUT2D eigenvalue weighted by atomic mass is 10.1. The van der Waals surface area contributed by atoms with Gasteiger partial charge in [-0.05, 0) is 19.8 Å². The second-order valence-electron chi connectivity index (χ2n) is 4.31. The molecule has 0 heterocycles. The van der Waals surface area contributed by atoms with Crippen molar-refractivity contribution in [2.24, 2.45) is 0 Å². The highest BCUT2D eigenvalue weighted by Gasteiger charge is 2.24. The van der Waals surface area contributed by atoms with Gasteiger partial charge in [0.25, 0.3) is 6.43 Å². The second kappa shape index (κ2) is 9.22. The van der Waals surface area contributed by atoms with Crippen molar-refractivity contribution in [3.05, 3.63) is 0 Å². The Kier molecular flexibility index (Phi) is 8.83. The lowest BCUT2D eigenvalue weighted by molar-refractivity contribution is -0.127. The smallest absolute Gasteiger partial charge is 0.251 e. The minimum absolute atomic E-state index is 0.0713. The molecule has 2 N–H and O–H groups in total. The molecular formula is C12H24F2N2O2. The van der Waals surface area contributed by atoms with E-state index in [2.05, 4.69) is 5.32 Å². The summed E-state index contributed by atoms with van der Waals surface area (Å²) in [5.74, 6) is -0.266. The van der Waals surface area contributed by atoms with Crippen molar-refractivity contribution in [1.82, 2.24) is 10.2 Å². The zero-order valence-corrected chi connectivity index (χ0v) is 11.3. The van der Waals surface area contributed by atoms with Crippen LogP contribution in [-0.2, 0) is 4.79 Å². The van der Waals surface area contributed by atoms with Crippen LogP contribution in [0.25, 0.3) is 0 Å². The maximum atomic E-state index is 12.4. The number of carbonyl (C=O) groups excluding carboxylic acids is 1. The third-order valence-corrected chi connectivity index (χ3v) is 3.02. The molecule has 4 nitrogen and oxygen atoms in total. The second-order valence-corrected chi connectivity index (χ2v) is 4.31. The fourth-order valence-corrected chi connectivity index (χ4v) is 1.73. The first-order valence-electron chi connectivity index (χ1n) is 6.39. The number of carbonyl (C=O) groups is 1. The first-order chi connectivity index (χ1) is 8.46. The van der Waals surface area contributed by atoms with Crippen molar-refractivity contribution >= 4 is 5.91 Å². The highest BCUT2D eigenvalue weighted by molar-refractivity contribution is 5.81. The summed E-state index contributed by atoms with van der Waals surface area (Å²) in [6, 6.07) is -0.589. The topological polar surface area (TPSA) is 52.6 Å². The molecule has 0 radical (unpaired) electrons. The summed E-state index contributed by atoms with van der Waals surface area (Å²) >= 11 is 0. The van der Waals surface area contributed by atoms with E-state index < -0.39 is 19.0 Å². The van der Waals surface area contributed by atoms with Crippen LogP contribution in [0.4, 0.5) is 8.78 Å². The van der Waals surface area contributed by atoms with Crippen molar-refractivity contribution in [3.63, 3.8) is 0 Å². The Balaban J connectivity index is 4.44. The van der Waals surface area contributed by atoms with Gasteiger partial charge in [0.2, 0.25) is 5.91 Å². The summed E-state index contributed by atoms with van der Waals surface area (Å²) in [7, 11) is 0. The first kappa shape index (κ1) is 17.2. The SMILES string of the molecule is CCC(CC)NC(=O)C(C)N(CCO)CC(F)F. The predicted octanol–water partition coefficient (Wildman–Crippen LogP) is 1.24. The fraction of sp³-hybridized carbons (Fsp3) is 0.917. The molecule has 0 aliphatic rings. The molecule has 0 aromatic heterocycles. The number of hydrogen-bond acceptors (Lipinski definition) is 3. The molecule has 0 aliphatic carbocycles. The molecule has 18 heavy (non-hydrogen) atoms. The van der Waals surface area contributed by atoms with Crippen LogP contribution in [0, 0.1) is 0 Å². The van der Waals surface area contributed by atoms with Crippen LogP contribution >= 0.6 is 0 Å². The molecule has 1 atom stereocenters. The molecule has 108 valence electrons. The van der Waals surface area contributed by atoms with Gasteiger partial charge in [-0.1, -0.05) is 13.8 Å². The monoisotopic (exact) mass is 266 g/mol. The minimum Gasteiger partial charge on any atom is -0.395 e. The van der Waals surface area contributed by atoms with Gasteiger partial charge in [-0.15, -0.1) is 0 Å².